The quantitative estimate of drug-likeness (QED) is 0.646. The molecule has 2 heterocycles. The van der Waals surface area contributed by atoms with Crippen LogP contribution < -0.4 is 10.3 Å². The second kappa shape index (κ2) is 7.00. The van der Waals surface area contributed by atoms with Gasteiger partial charge in [-0.25, -0.2) is 0 Å². The number of ether oxygens (including phenoxy) is 1. The molecule has 0 N–H and O–H groups in total. The Labute approximate surface area is 156 Å². The highest BCUT2D eigenvalue weighted by Crippen LogP contribution is 2.30. The molecule has 0 radical (unpaired) electrons. The van der Waals surface area contributed by atoms with Crippen molar-refractivity contribution >= 4 is 11.8 Å². The maximum absolute atomic E-state index is 13.1. The maximum atomic E-state index is 13.1. The minimum atomic E-state index is 0.00385. The molecule has 2 aromatic carbocycles. The number of aromatic nitrogens is 2. The molecule has 0 saturated heterocycles. The first-order valence-electron chi connectivity index (χ1n) is 8.67. The highest BCUT2D eigenvalue weighted by atomic mass is 32.2. The van der Waals surface area contributed by atoms with Gasteiger partial charge in [-0.1, -0.05) is 59.8 Å². The molecule has 0 aliphatic carbocycles. The van der Waals surface area contributed by atoms with Crippen LogP contribution in [0, 0.1) is 13.8 Å². The number of fused-ring (bicyclic) bond motifs is 1. The third-order valence-corrected chi connectivity index (χ3v) is 5.49. The number of hydrogen-bond donors (Lipinski definition) is 0. The number of rotatable bonds is 4. The monoisotopic (exact) mass is 364 g/mol. The normalized spacial score (nSPS) is 12.8. The van der Waals surface area contributed by atoms with Crippen molar-refractivity contribution in [2.24, 2.45) is 0 Å². The Hall–Kier alpha value is -2.53. The summed E-state index contributed by atoms with van der Waals surface area (Å²) < 4.78 is 7.87. The summed E-state index contributed by atoms with van der Waals surface area (Å²) in [4.78, 5) is 17.7. The number of thioether (sulfide) groups is 1. The first-order chi connectivity index (χ1) is 12.6. The Morgan fingerprint density at radius 2 is 1.88 bits per heavy atom. The van der Waals surface area contributed by atoms with Gasteiger partial charge in [0.15, 0.2) is 5.16 Å². The standard InChI is InChI=1S/C21H20N2O2S/c1-14-7-9-16(10-8-14)13-17-19(25-18-6-4-3-5-15(18)2)22-21-23(20(17)24)11-12-26-21/h3-10H,11-13H2,1-2H3. The molecule has 0 saturated carbocycles. The zero-order valence-electron chi connectivity index (χ0n) is 14.9. The Bertz CT molecular complexity index is 1010. The highest BCUT2D eigenvalue weighted by molar-refractivity contribution is 7.99. The minimum Gasteiger partial charge on any atom is -0.438 e. The van der Waals surface area contributed by atoms with Crippen molar-refractivity contribution in [1.82, 2.24) is 9.55 Å². The molecule has 132 valence electrons. The van der Waals surface area contributed by atoms with Crippen molar-refractivity contribution in [2.45, 2.75) is 32.0 Å². The van der Waals surface area contributed by atoms with Gasteiger partial charge in [0.1, 0.15) is 5.75 Å². The molecule has 0 atom stereocenters. The van der Waals surface area contributed by atoms with Gasteiger partial charge in [0.05, 0.1) is 5.56 Å². The summed E-state index contributed by atoms with van der Waals surface area (Å²) in [6.07, 6.45) is 0.512. The van der Waals surface area contributed by atoms with Gasteiger partial charge in [-0.15, -0.1) is 0 Å². The average molecular weight is 364 g/mol. The first-order valence-corrected chi connectivity index (χ1v) is 9.66. The summed E-state index contributed by atoms with van der Waals surface area (Å²) in [5.41, 5.74) is 3.91. The van der Waals surface area contributed by atoms with E-state index in [0.717, 1.165) is 27.8 Å². The molecule has 4 nitrogen and oxygen atoms in total. The lowest BCUT2D eigenvalue weighted by Gasteiger charge is -2.14. The third-order valence-electron chi connectivity index (χ3n) is 4.54. The largest absolute Gasteiger partial charge is 0.438 e. The van der Waals surface area contributed by atoms with Crippen LogP contribution in [0.2, 0.25) is 0 Å². The fraction of sp³-hybridized carbons (Fsp3) is 0.238. The molecular formula is C21H20N2O2S. The molecule has 0 amide bonds. The van der Waals surface area contributed by atoms with E-state index in [1.54, 1.807) is 16.3 Å². The molecule has 5 heteroatoms. The minimum absolute atomic E-state index is 0.00385. The van der Waals surface area contributed by atoms with Crippen LogP contribution in [0.3, 0.4) is 0 Å². The molecule has 0 spiro atoms. The van der Waals surface area contributed by atoms with Crippen LogP contribution in [0.25, 0.3) is 0 Å². The summed E-state index contributed by atoms with van der Waals surface area (Å²) in [6, 6.07) is 16.0. The van der Waals surface area contributed by atoms with Gasteiger partial charge in [0, 0.05) is 18.7 Å². The van der Waals surface area contributed by atoms with E-state index >= 15 is 0 Å². The van der Waals surface area contributed by atoms with Crippen LogP contribution in [0.4, 0.5) is 0 Å². The molecule has 1 aliphatic rings. The molecule has 3 aromatic rings. The predicted molar refractivity (Wildman–Crippen MR) is 104 cm³/mol. The van der Waals surface area contributed by atoms with E-state index in [1.807, 2.05) is 31.2 Å². The molecule has 0 bridgehead atoms. The van der Waals surface area contributed by atoms with Gasteiger partial charge in [0.25, 0.3) is 5.56 Å². The van der Waals surface area contributed by atoms with Crippen LogP contribution in [0.1, 0.15) is 22.3 Å². The lowest BCUT2D eigenvalue weighted by Crippen LogP contribution is -2.25. The summed E-state index contributed by atoms with van der Waals surface area (Å²) in [7, 11) is 0. The Morgan fingerprint density at radius 3 is 2.65 bits per heavy atom. The molecule has 0 unspecified atom stereocenters. The van der Waals surface area contributed by atoms with Crippen molar-refractivity contribution in [3.05, 3.63) is 81.1 Å². The fourth-order valence-corrected chi connectivity index (χ4v) is 3.95. The number of aryl methyl sites for hydroxylation is 2. The summed E-state index contributed by atoms with van der Waals surface area (Å²) >= 11 is 1.60. The van der Waals surface area contributed by atoms with E-state index in [-0.39, 0.29) is 5.56 Å². The van der Waals surface area contributed by atoms with E-state index in [1.165, 1.54) is 5.56 Å². The zero-order valence-corrected chi connectivity index (χ0v) is 15.7. The smallest absolute Gasteiger partial charge is 0.261 e. The highest BCUT2D eigenvalue weighted by Gasteiger charge is 2.22. The summed E-state index contributed by atoms with van der Waals surface area (Å²) in [6.45, 7) is 4.75. The molecule has 1 aromatic heterocycles. The fourth-order valence-electron chi connectivity index (χ4n) is 3.01. The average Bonchev–Trinajstić information content (AvgIpc) is 3.10. The van der Waals surface area contributed by atoms with E-state index in [0.29, 0.717) is 24.4 Å². The first kappa shape index (κ1) is 16.9. The Balaban J connectivity index is 1.79. The van der Waals surface area contributed by atoms with Gasteiger partial charge >= 0.3 is 0 Å². The number of nitrogens with zero attached hydrogens (tertiary/aromatic N) is 2. The maximum Gasteiger partial charge on any atom is 0.261 e. The molecule has 26 heavy (non-hydrogen) atoms. The lowest BCUT2D eigenvalue weighted by molar-refractivity contribution is 0.436. The van der Waals surface area contributed by atoms with Crippen molar-refractivity contribution in [3.63, 3.8) is 0 Å². The van der Waals surface area contributed by atoms with Crippen LogP contribution in [0.5, 0.6) is 11.6 Å². The predicted octanol–water partition coefficient (Wildman–Crippen LogP) is 4.35. The Kier molecular flexibility index (Phi) is 4.55. The molecule has 0 fully saturated rings. The number of para-hydroxylation sites is 1. The van der Waals surface area contributed by atoms with Gasteiger partial charge in [0.2, 0.25) is 5.88 Å². The number of benzene rings is 2. The van der Waals surface area contributed by atoms with Gasteiger partial charge in [-0.05, 0) is 31.0 Å². The van der Waals surface area contributed by atoms with Crippen LogP contribution >= 0.6 is 11.8 Å². The summed E-state index contributed by atoms with van der Waals surface area (Å²) in [5, 5.41) is 0.742. The van der Waals surface area contributed by atoms with Crippen LogP contribution in [0.15, 0.2) is 58.5 Å². The van der Waals surface area contributed by atoms with Crippen molar-refractivity contribution in [3.8, 4) is 11.6 Å². The topological polar surface area (TPSA) is 44.1 Å². The second-order valence-corrected chi connectivity index (χ2v) is 7.58. The van der Waals surface area contributed by atoms with Crippen molar-refractivity contribution in [2.75, 3.05) is 5.75 Å². The third kappa shape index (κ3) is 3.27. The Morgan fingerprint density at radius 1 is 1.12 bits per heavy atom. The van der Waals surface area contributed by atoms with E-state index in [4.69, 9.17) is 4.74 Å². The van der Waals surface area contributed by atoms with Crippen molar-refractivity contribution in [1.29, 1.82) is 0 Å². The van der Waals surface area contributed by atoms with Gasteiger partial charge in [-0.3, -0.25) is 9.36 Å². The number of hydrogen-bond acceptors (Lipinski definition) is 4. The lowest BCUT2D eigenvalue weighted by atomic mass is 10.1. The van der Waals surface area contributed by atoms with Crippen LogP contribution in [-0.2, 0) is 13.0 Å². The summed E-state index contributed by atoms with van der Waals surface area (Å²) in [5.74, 6) is 2.03. The van der Waals surface area contributed by atoms with Crippen LogP contribution in [-0.4, -0.2) is 15.3 Å². The van der Waals surface area contributed by atoms with E-state index in [2.05, 4.69) is 36.2 Å². The van der Waals surface area contributed by atoms with Crippen molar-refractivity contribution < 1.29 is 4.74 Å². The van der Waals surface area contributed by atoms with Gasteiger partial charge < -0.3 is 4.74 Å². The molecular weight excluding hydrogens is 344 g/mol. The van der Waals surface area contributed by atoms with E-state index in [9.17, 15) is 4.79 Å². The zero-order chi connectivity index (χ0) is 18.1. The molecule has 4 rings (SSSR count). The SMILES string of the molecule is Cc1ccc(Cc2c(Oc3ccccc3C)nc3n(c2=O)CCS3)cc1. The van der Waals surface area contributed by atoms with E-state index < -0.39 is 0 Å². The second-order valence-electron chi connectivity index (χ2n) is 6.51. The molecule has 1 aliphatic heterocycles. The van der Waals surface area contributed by atoms with Gasteiger partial charge in [-0.2, -0.15) is 4.98 Å².